The lowest BCUT2D eigenvalue weighted by Crippen LogP contribution is -2.48. The fraction of sp³-hybridized carbons (Fsp3) is 1.00. The van der Waals surface area contributed by atoms with E-state index in [4.69, 9.17) is 4.84 Å². The smallest absolute Gasteiger partial charge is 0.108 e. The summed E-state index contributed by atoms with van der Waals surface area (Å²) in [7, 11) is 0.772. The Bertz CT molecular complexity index is 177. The molecule has 0 aromatic heterocycles. The zero-order valence-electron chi connectivity index (χ0n) is 9.46. The highest BCUT2D eigenvalue weighted by molar-refractivity contribution is 7.85. The zero-order valence-corrected chi connectivity index (χ0v) is 10.3. The van der Waals surface area contributed by atoms with E-state index in [1.165, 1.54) is 0 Å². The molecule has 2 unspecified atom stereocenters. The second-order valence-corrected chi connectivity index (χ2v) is 5.97. The molecule has 0 N–H and O–H groups in total. The predicted octanol–water partition coefficient (Wildman–Crippen LogP) is 1.76. The van der Waals surface area contributed by atoms with Crippen LogP contribution in [0.2, 0.25) is 0 Å². The normalized spacial score (nSPS) is 17.5. The van der Waals surface area contributed by atoms with Gasteiger partial charge in [0.2, 0.25) is 0 Å². The summed E-state index contributed by atoms with van der Waals surface area (Å²) < 4.78 is 11.5. The molecule has 0 radical (unpaired) electrons. The molecule has 0 rings (SSSR count). The van der Waals surface area contributed by atoms with E-state index in [9.17, 15) is 4.21 Å². The Hall–Kier alpha value is 0.0700. The van der Waals surface area contributed by atoms with Crippen molar-refractivity contribution in [1.82, 2.24) is 5.06 Å². The fourth-order valence-corrected chi connectivity index (χ4v) is 2.41. The molecule has 80 valence electrons. The molecular formula is C9H21NO2S. The van der Waals surface area contributed by atoms with Gasteiger partial charge in [0.15, 0.2) is 0 Å². The number of hydroxylamine groups is 2. The molecule has 3 nitrogen and oxygen atoms in total. The van der Waals surface area contributed by atoms with Crippen LogP contribution >= 0.6 is 0 Å². The van der Waals surface area contributed by atoms with Crippen LogP contribution in [0.25, 0.3) is 0 Å². The Morgan fingerprint density at radius 3 is 2.15 bits per heavy atom. The molecule has 0 amide bonds. The molecular weight excluding hydrogens is 186 g/mol. The van der Waals surface area contributed by atoms with Crippen LogP contribution in [0.1, 0.15) is 34.6 Å². The second-order valence-electron chi connectivity index (χ2n) is 3.95. The molecule has 0 bridgehead atoms. The molecule has 0 fully saturated rings. The maximum atomic E-state index is 11.5. The van der Waals surface area contributed by atoms with Gasteiger partial charge in [-0.15, -0.1) is 0 Å². The lowest BCUT2D eigenvalue weighted by atomic mass is 10.1. The van der Waals surface area contributed by atoms with Crippen molar-refractivity contribution in [2.45, 2.75) is 45.5 Å². The van der Waals surface area contributed by atoms with Gasteiger partial charge in [0, 0.05) is 22.1 Å². The first-order chi connectivity index (χ1) is 5.84. The van der Waals surface area contributed by atoms with Crippen molar-refractivity contribution in [2.75, 3.05) is 12.9 Å². The molecule has 0 saturated heterocycles. The third kappa shape index (κ3) is 3.75. The van der Waals surface area contributed by atoms with E-state index < -0.39 is 10.8 Å². The molecule has 0 aromatic carbocycles. The van der Waals surface area contributed by atoms with Crippen LogP contribution in [0.15, 0.2) is 0 Å². The predicted molar refractivity (Wildman–Crippen MR) is 56.7 cm³/mol. The number of rotatable bonds is 4. The third-order valence-corrected chi connectivity index (χ3v) is 3.37. The van der Waals surface area contributed by atoms with E-state index in [0.717, 1.165) is 0 Å². The third-order valence-electron chi connectivity index (χ3n) is 1.85. The molecule has 0 heterocycles. The van der Waals surface area contributed by atoms with Crippen LogP contribution in [-0.4, -0.2) is 33.0 Å². The van der Waals surface area contributed by atoms with Gasteiger partial charge in [0.25, 0.3) is 0 Å². The van der Waals surface area contributed by atoms with Gasteiger partial charge in [-0.05, 0) is 27.7 Å². The largest absolute Gasteiger partial charge is 0.301 e. The van der Waals surface area contributed by atoms with Crippen LogP contribution in [0.3, 0.4) is 0 Å². The van der Waals surface area contributed by atoms with Crippen molar-refractivity contribution in [3.05, 3.63) is 0 Å². The van der Waals surface area contributed by atoms with Crippen molar-refractivity contribution in [1.29, 1.82) is 0 Å². The Morgan fingerprint density at radius 2 is 1.92 bits per heavy atom. The Balaban J connectivity index is 4.50. The van der Waals surface area contributed by atoms with Crippen molar-refractivity contribution >= 4 is 10.8 Å². The second kappa shape index (κ2) is 5.08. The van der Waals surface area contributed by atoms with Gasteiger partial charge in [-0.3, -0.25) is 4.21 Å². The molecule has 0 aliphatic carbocycles. The molecule has 4 heteroatoms. The Morgan fingerprint density at radius 1 is 1.46 bits per heavy atom. The summed E-state index contributed by atoms with van der Waals surface area (Å²) in [4.78, 5) is 5.24. The summed E-state index contributed by atoms with van der Waals surface area (Å²) in [6.45, 7) is 9.97. The van der Waals surface area contributed by atoms with Gasteiger partial charge in [0.1, 0.15) is 5.37 Å². The molecule has 0 aromatic rings. The minimum Gasteiger partial charge on any atom is -0.301 e. The Labute approximate surface area is 83.9 Å². The van der Waals surface area contributed by atoms with Crippen LogP contribution in [0.4, 0.5) is 0 Å². The average molecular weight is 207 g/mol. The zero-order chi connectivity index (χ0) is 10.6. The maximum absolute atomic E-state index is 11.5. The topological polar surface area (TPSA) is 29.5 Å². The first-order valence-corrected chi connectivity index (χ1v) is 5.93. The number of hydrogen-bond donors (Lipinski definition) is 0. The van der Waals surface area contributed by atoms with Crippen LogP contribution < -0.4 is 0 Å². The summed E-state index contributed by atoms with van der Waals surface area (Å²) in [5, 5.41) is 1.72. The van der Waals surface area contributed by atoms with Crippen molar-refractivity contribution < 1.29 is 9.05 Å². The van der Waals surface area contributed by atoms with Crippen LogP contribution in [0, 0.1) is 0 Å². The number of hydrogen-bond acceptors (Lipinski definition) is 3. The van der Waals surface area contributed by atoms with Gasteiger partial charge in [-0.2, -0.15) is 5.06 Å². The van der Waals surface area contributed by atoms with Crippen molar-refractivity contribution in [3.63, 3.8) is 0 Å². The summed E-state index contributed by atoms with van der Waals surface area (Å²) in [5.74, 6) is 0.664. The summed E-state index contributed by atoms with van der Waals surface area (Å²) in [6, 6.07) is 0. The van der Waals surface area contributed by atoms with E-state index in [1.807, 2.05) is 34.6 Å². The van der Waals surface area contributed by atoms with E-state index >= 15 is 0 Å². The van der Waals surface area contributed by atoms with Crippen LogP contribution in [0.5, 0.6) is 0 Å². The lowest BCUT2D eigenvalue weighted by molar-refractivity contribution is -0.193. The van der Waals surface area contributed by atoms with Gasteiger partial charge >= 0.3 is 0 Å². The average Bonchev–Trinajstić information content (AvgIpc) is 2.01. The van der Waals surface area contributed by atoms with E-state index in [0.29, 0.717) is 5.75 Å². The molecule has 0 aliphatic heterocycles. The van der Waals surface area contributed by atoms with Gasteiger partial charge in [0.05, 0.1) is 7.11 Å². The molecule has 0 saturated carbocycles. The Kier molecular flexibility index (Phi) is 5.10. The fourth-order valence-electron chi connectivity index (χ4n) is 1.32. The number of nitrogens with zero attached hydrogens (tertiary/aromatic N) is 1. The highest BCUT2D eigenvalue weighted by Gasteiger charge is 2.29. The molecule has 0 spiro atoms. The lowest BCUT2D eigenvalue weighted by Gasteiger charge is -2.36. The SMILES string of the molecule is CCS(=O)C(C)N(OC)C(C)(C)C. The standard InChI is InChI=1S/C9H21NO2S/c1-7-13(11)8(2)10(12-6)9(3,4)5/h8H,7H2,1-6H3. The van der Waals surface area contributed by atoms with Crippen molar-refractivity contribution in [2.24, 2.45) is 0 Å². The monoisotopic (exact) mass is 207 g/mol. The minimum absolute atomic E-state index is 0.0602. The van der Waals surface area contributed by atoms with Crippen molar-refractivity contribution in [3.8, 4) is 0 Å². The van der Waals surface area contributed by atoms with E-state index in [-0.39, 0.29) is 10.9 Å². The quantitative estimate of drug-likeness (QED) is 0.658. The first kappa shape index (κ1) is 13.1. The van der Waals surface area contributed by atoms with Crippen LogP contribution in [-0.2, 0) is 15.6 Å². The van der Waals surface area contributed by atoms with Gasteiger partial charge in [-0.25, -0.2) is 0 Å². The molecule has 0 aliphatic rings. The first-order valence-electron chi connectivity index (χ1n) is 4.55. The molecule has 2 atom stereocenters. The van der Waals surface area contributed by atoms with Gasteiger partial charge < -0.3 is 4.84 Å². The highest BCUT2D eigenvalue weighted by atomic mass is 32.2. The molecule has 13 heavy (non-hydrogen) atoms. The van der Waals surface area contributed by atoms with E-state index in [1.54, 1.807) is 12.2 Å². The van der Waals surface area contributed by atoms with Gasteiger partial charge in [-0.1, -0.05) is 6.92 Å². The summed E-state index contributed by atoms with van der Waals surface area (Å²) in [5.41, 5.74) is -0.112. The summed E-state index contributed by atoms with van der Waals surface area (Å²) in [6.07, 6.45) is 0. The maximum Gasteiger partial charge on any atom is 0.108 e. The van der Waals surface area contributed by atoms with E-state index in [2.05, 4.69) is 0 Å². The highest BCUT2D eigenvalue weighted by Crippen LogP contribution is 2.18. The minimum atomic E-state index is -0.847. The summed E-state index contributed by atoms with van der Waals surface area (Å²) >= 11 is 0.